The molecule has 0 N–H and O–H groups in total. The van der Waals surface area contributed by atoms with Crippen LogP contribution in [0, 0.1) is 0 Å². The van der Waals surface area contributed by atoms with E-state index in [1.165, 1.54) is 11.1 Å². The van der Waals surface area contributed by atoms with E-state index in [9.17, 15) is 0 Å². The summed E-state index contributed by atoms with van der Waals surface area (Å²) < 4.78 is 12.0. The van der Waals surface area contributed by atoms with Crippen molar-refractivity contribution in [1.29, 1.82) is 0 Å². The first kappa shape index (κ1) is 32.8. The van der Waals surface area contributed by atoms with Gasteiger partial charge in [-0.1, -0.05) is 128 Å². The Kier molecular flexibility index (Phi) is 8.56. The molecular formula is C46H46O2. The Morgan fingerprint density at radius 3 is 1.19 bits per heavy atom. The first-order chi connectivity index (χ1) is 22.9. The van der Waals surface area contributed by atoms with Crippen LogP contribution >= 0.6 is 0 Å². The molecule has 0 aliphatic carbocycles. The van der Waals surface area contributed by atoms with Crippen LogP contribution in [-0.4, -0.2) is 14.2 Å². The SMILES string of the molecule is C=Cc1c(-c2cc(C(C)(C)C)ccc2OC)cc2ccccc2c1-c1c(C=C)c(-c2cc(C(C)(C)C)ccc2OC)cc2ccccc12. The van der Waals surface area contributed by atoms with Crippen molar-refractivity contribution in [3.05, 3.63) is 132 Å². The molecule has 6 aromatic carbocycles. The number of ether oxygens (including phenoxy) is 2. The van der Waals surface area contributed by atoms with E-state index in [1.807, 2.05) is 12.2 Å². The third-order valence-electron chi connectivity index (χ3n) is 9.55. The topological polar surface area (TPSA) is 18.5 Å². The fourth-order valence-electron chi connectivity index (χ4n) is 6.91. The summed E-state index contributed by atoms with van der Waals surface area (Å²) in [5.41, 5.74) is 11.0. The molecule has 242 valence electrons. The molecule has 0 amide bonds. The zero-order valence-electron chi connectivity index (χ0n) is 29.6. The molecule has 0 spiro atoms. The minimum absolute atomic E-state index is 0.0315. The first-order valence-corrected chi connectivity index (χ1v) is 16.7. The Hall–Kier alpha value is -5.08. The number of methoxy groups -OCH3 is 2. The van der Waals surface area contributed by atoms with E-state index in [0.29, 0.717) is 0 Å². The highest BCUT2D eigenvalue weighted by Crippen LogP contribution is 2.49. The van der Waals surface area contributed by atoms with Gasteiger partial charge in [0.1, 0.15) is 11.5 Å². The number of fused-ring (bicyclic) bond motifs is 2. The Labute approximate surface area is 286 Å². The molecule has 0 saturated carbocycles. The number of benzene rings is 6. The zero-order valence-corrected chi connectivity index (χ0v) is 29.6. The number of rotatable bonds is 7. The molecule has 6 rings (SSSR count). The summed E-state index contributed by atoms with van der Waals surface area (Å²) in [5, 5.41) is 4.60. The van der Waals surface area contributed by atoms with E-state index in [-0.39, 0.29) is 10.8 Å². The Balaban J connectivity index is 1.82. The van der Waals surface area contributed by atoms with Crippen molar-refractivity contribution in [3.8, 4) is 44.9 Å². The predicted molar refractivity (Wildman–Crippen MR) is 208 cm³/mol. The second-order valence-electron chi connectivity index (χ2n) is 14.6. The Morgan fingerprint density at radius 1 is 0.479 bits per heavy atom. The highest BCUT2D eigenvalue weighted by Gasteiger charge is 2.25. The minimum atomic E-state index is -0.0315. The summed E-state index contributed by atoms with van der Waals surface area (Å²) in [4.78, 5) is 0. The van der Waals surface area contributed by atoms with Crippen molar-refractivity contribution in [2.24, 2.45) is 0 Å². The van der Waals surface area contributed by atoms with Crippen molar-refractivity contribution in [3.63, 3.8) is 0 Å². The average Bonchev–Trinajstić information content (AvgIpc) is 3.08. The van der Waals surface area contributed by atoms with Crippen LogP contribution in [0.15, 0.2) is 110 Å². The fourth-order valence-corrected chi connectivity index (χ4v) is 6.91. The number of hydrogen-bond acceptors (Lipinski definition) is 2. The van der Waals surface area contributed by atoms with Gasteiger partial charge in [-0.15, -0.1) is 0 Å². The molecule has 0 heterocycles. The maximum Gasteiger partial charge on any atom is 0.126 e. The van der Waals surface area contributed by atoms with Crippen LogP contribution in [0.3, 0.4) is 0 Å². The molecule has 0 aromatic heterocycles. The molecule has 0 unspecified atom stereocenters. The molecule has 0 saturated heterocycles. The van der Waals surface area contributed by atoms with Gasteiger partial charge in [0, 0.05) is 11.1 Å². The summed E-state index contributed by atoms with van der Waals surface area (Å²) in [7, 11) is 3.49. The molecule has 2 nitrogen and oxygen atoms in total. The second-order valence-corrected chi connectivity index (χ2v) is 14.6. The Morgan fingerprint density at radius 2 is 0.854 bits per heavy atom. The van der Waals surface area contributed by atoms with Crippen LogP contribution in [0.1, 0.15) is 63.8 Å². The normalized spacial score (nSPS) is 11.9. The van der Waals surface area contributed by atoms with Gasteiger partial charge in [0.05, 0.1) is 14.2 Å². The summed E-state index contributed by atoms with van der Waals surface area (Å²) in [6.45, 7) is 22.3. The van der Waals surface area contributed by atoms with Crippen LogP contribution in [0.5, 0.6) is 11.5 Å². The van der Waals surface area contributed by atoms with Gasteiger partial charge in [0.25, 0.3) is 0 Å². The van der Waals surface area contributed by atoms with Crippen molar-refractivity contribution in [1.82, 2.24) is 0 Å². The lowest BCUT2D eigenvalue weighted by Gasteiger charge is -2.25. The van der Waals surface area contributed by atoms with Crippen molar-refractivity contribution >= 4 is 33.7 Å². The highest BCUT2D eigenvalue weighted by atomic mass is 16.5. The van der Waals surface area contributed by atoms with Crippen molar-refractivity contribution < 1.29 is 9.47 Å². The van der Waals surface area contributed by atoms with E-state index in [4.69, 9.17) is 9.47 Å². The maximum absolute atomic E-state index is 6.02. The standard InChI is InChI=1S/C46H46O2/c1-11-33-37(39-27-31(45(3,4)5)21-23-41(39)47-9)25-29-17-13-15-19-35(29)43(33)44-34(12-2)38(26-30-18-14-16-20-36(30)44)40-28-32(46(6,7)8)22-24-42(40)48-10/h11-28H,1-2H2,3-10H3. The molecule has 2 heteroatoms. The van der Waals surface area contributed by atoms with Crippen molar-refractivity contribution in [2.45, 2.75) is 52.4 Å². The van der Waals surface area contributed by atoms with Gasteiger partial charge in [-0.3, -0.25) is 0 Å². The number of hydrogen-bond donors (Lipinski definition) is 0. The molecule has 48 heavy (non-hydrogen) atoms. The van der Waals surface area contributed by atoms with Gasteiger partial charge in [-0.05, 0) is 113 Å². The average molecular weight is 631 g/mol. The molecule has 6 aromatic rings. The monoisotopic (exact) mass is 630 g/mol. The molecule has 0 radical (unpaired) electrons. The van der Waals surface area contributed by atoms with Crippen molar-refractivity contribution in [2.75, 3.05) is 14.2 Å². The van der Waals surface area contributed by atoms with Gasteiger partial charge in [0.15, 0.2) is 0 Å². The lowest BCUT2D eigenvalue weighted by Crippen LogP contribution is -2.11. The second kappa shape index (κ2) is 12.5. The highest BCUT2D eigenvalue weighted by molar-refractivity contribution is 6.15. The molecule has 0 aliphatic heterocycles. The quantitative estimate of drug-likeness (QED) is 0.175. The fraction of sp³-hybridized carbons (Fsp3) is 0.217. The molecule has 0 fully saturated rings. The van der Waals surface area contributed by atoms with E-state index in [1.54, 1.807) is 14.2 Å². The Bertz CT molecular complexity index is 2040. The third kappa shape index (κ3) is 5.70. The third-order valence-corrected chi connectivity index (χ3v) is 9.55. The zero-order chi connectivity index (χ0) is 34.4. The predicted octanol–water partition coefficient (Wildman–Crippen LogP) is 12.9. The van der Waals surface area contributed by atoms with Crippen LogP contribution in [0.4, 0.5) is 0 Å². The van der Waals surface area contributed by atoms with E-state index >= 15 is 0 Å². The summed E-state index contributed by atoms with van der Waals surface area (Å²) in [6.07, 6.45) is 4.02. The van der Waals surface area contributed by atoms with Crippen LogP contribution in [0.25, 0.3) is 67.1 Å². The summed E-state index contributed by atoms with van der Waals surface area (Å²) in [6, 6.07) is 35.0. The van der Waals surface area contributed by atoms with Crippen LogP contribution < -0.4 is 9.47 Å². The molecule has 0 bridgehead atoms. The molecule has 0 aliphatic rings. The lowest BCUT2D eigenvalue weighted by atomic mass is 9.79. The summed E-state index contributed by atoms with van der Waals surface area (Å²) in [5.74, 6) is 1.66. The molecular weight excluding hydrogens is 585 g/mol. The van der Waals surface area contributed by atoms with E-state index in [0.717, 1.165) is 77.6 Å². The van der Waals surface area contributed by atoms with E-state index < -0.39 is 0 Å². The van der Waals surface area contributed by atoms with Gasteiger partial charge in [-0.25, -0.2) is 0 Å². The van der Waals surface area contributed by atoms with Gasteiger partial charge in [-0.2, -0.15) is 0 Å². The summed E-state index contributed by atoms with van der Waals surface area (Å²) >= 11 is 0. The maximum atomic E-state index is 6.02. The van der Waals surface area contributed by atoms with Gasteiger partial charge >= 0.3 is 0 Å². The van der Waals surface area contributed by atoms with Crippen LogP contribution in [0.2, 0.25) is 0 Å². The molecule has 0 atom stereocenters. The smallest absolute Gasteiger partial charge is 0.126 e. The minimum Gasteiger partial charge on any atom is -0.496 e. The van der Waals surface area contributed by atoms with E-state index in [2.05, 4.69) is 152 Å². The lowest BCUT2D eigenvalue weighted by molar-refractivity contribution is 0.415. The largest absolute Gasteiger partial charge is 0.496 e. The van der Waals surface area contributed by atoms with Crippen LogP contribution in [-0.2, 0) is 10.8 Å². The first-order valence-electron chi connectivity index (χ1n) is 16.7. The van der Waals surface area contributed by atoms with Gasteiger partial charge < -0.3 is 9.47 Å². The van der Waals surface area contributed by atoms with Gasteiger partial charge in [0.2, 0.25) is 0 Å².